The first-order chi connectivity index (χ1) is 19.4. The van der Waals surface area contributed by atoms with Crippen LogP contribution in [-0.2, 0) is 15.9 Å². The number of aromatic hydroxyl groups is 2. The van der Waals surface area contributed by atoms with Crippen LogP contribution in [0.15, 0.2) is 73.3 Å². The normalized spacial score (nSPS) is 22.9. The Morgan fingerprint density at radius 1 is 1.05 bits per heavy atom. The van der Waals surface area contributed by atoms with Crippen LogP contribution in [-0.4, -0.2) is 47.4 Å². The number of aliphatic hydroxyl groups is 1. The van der Waals surface area contributed by atoms with E-state index in [1.165, 1.54) is 10.9 Å². The van der Waals surface area contributed by atoms with E-state index in [4.69, 9.17) is 16.0 Å². The number of fused-ring (bicyclic) bond motifs is 6. The predicted molar refractivity (Wildman–Crippen MR) is 145 cm³/mol. The van der Waals surface area contributed by atoms with Crippen LogP contribution in [0.1, 0.15) is 30.9 Å². The zero-order valence-electron chi connectivity index (χ0n) is 21.5. The molecule has 0 spiro atoms. The van der Waals surface area contributed by atoms with Crippen molar-refractivity contribution in [3.05, 3.63) is 95.9 Å². The number of aromatic nitrogens is 4. The molecular formula is C30H25N5O5. The summed E-state index contributed by atoms with van der Waals surface area (Å²) < 4.78 is 15.5. The Morgan fingerprint density at radius 3 is 2.52 bits per heavy atom. The van der Waals surface area contributed by atoms with Gasteiger partial charge in [0.25, 0.3) is 0 Å². The van der Waals surface area contributed by atoms with Gasteiger partial charge in [-0.1, -0.05) is 30.3 Å². The number of nitrogens with zero attached hydrogens (tertiary/aromatic N) is 5. The first-order valence-corrected chi connectivity index (χ1v) is 12.9. The van der Waals surface area contributed by atoms with Gasteiger partial charge in [-0.15, -0.1) is 0 Å². The molecule has 3 atom stereocenters. The Labute approximate surface area is 229 Å². The average Bonchev–Trinajstić information content (AvgIpc) is 3.70. The van der Waals surface area contributed by atoms with E-state index in [0.29, 0.717) is 45.4 Å². The SMILES string of the molecule is [C-]#[N+]c1ccc(-n2c(O)c3c(c2O)C2(C)OC3(CCOc3ccc(-n4cncn4)cc3)CC2O)c2ccccc12. The second-order valence-corrected chi connectivity index (χ2v) is 10.3. The summed E-state index contributed by atoms with van der Waals surface area (Å²) in [6.07, 6.45) is 2.78. The van der Waals surface area contributed by atoms with E-state index in [1.807, 2.05) is 48.5 Å². The highest BCUT2D eigenvalue weighted by atomic mass is 16.6. The van der Waals surface area contributed by atoms with Crippen molar-refractivity contribution in [2.75, 3.05) is 6.61 Å². The lowest BCUT2D eigenvalue weighted by Crippen LogP contribution is -2.33. The zero-order valence-corrected chi connectivity index (χ0v) is 21.5. The van der Waals surface area contributed by atoms with Gasteiger partial charge in [0, 0.05) is 12.8 Å². The van der Waals surface area contributed by atoms with Gasteiger partial charge in [-0.2, -0.15) is 5.10 Å². The van der Waals surface area contributed by atoms with E-state index in [0.717, 1.165) is 5.69 Å². The fourth-order valence-electron chi connectivity index (χ4n) is 6.28. The van der Waals surface area contributed by atoms with Gasteiger partial charge in [0.1, 0.15) is 29.6 Å². The van der Waals surface area contributed by atoms with Crippen molar-refractivity contribution in [3.8, 4) is 28.9 Å². The molecule has 3 aromatic carbocycles. The minimum absolute atomic E-state index is 0.152. The van der Waals surface area contributed by atoms with Crippen molar-refractivity contribution in [1.29, 1.82) is 0 Å². The summed E-state index contributed by atoms with van der Waals surface area (Å²) >= 11 is 0. The van der Waals surface area contributed by atoms with Gasteiger partial charge in [0.15, 0.2) is 5.69 Å². The maximum atomic E-state index is 11.6. The summed E-state index contributed by atoms with van der Waals surface area (Å²) in [4.78, 5) is 7.57. The molecule has 4 heterocycles. The van der Waals surface area contributed by atoms with Crippen molar-refractivity contribution in [3.63, 3.8) is 0 Å². The van der Waals surface area contributed by atoms with Crippen LogP contribution in [0.4, 0.5) is 5.69 Å². The molecule has 40 heavy (non-hydrogen) atoms. The van der Waals surface area contributed by atoms with Gasteiger partial charge in [-0.05, 0) is 48.0 Å². The number of hydrogen-bond donors (Lipinski definition) is 3. The summed E-state index contributed by atoms with van der Waals surface area (Å²) in [6, 6.07) is 18.2. The maximum absolute atomic E-state index is 11.6. The van der Waals surface area contributed by atoms with Gasteiger partial charge in [0.05, 0.1) is 41.8 Å². The van der Waals surface area contributed by atoms with Crippen LogP contribution >= 0.6 is 0 Å². The Bertz CT molecular complexity index is 1810. The van der Waals surface area contributed by atoms with Gasteiger partial charge >= 0.3 is 0 Å². The molecule has 10 heteroatoms. The third kappa shape index (κ3) is 3.28. The molecule has 1 saturated heterocycles. The summed E-state index contributed by atoms with van der Waals surface area (Å²) in [5.74, 6) is 0.304. The highest BCUT2D eigenvalue weighted by Gasteiger charge is 2.66. The molecule has 10 nitrogen and oxygen atoms in total. The molecule has 0 saturated carbocycles. The van der Waals surface area contributed by atoms with E-state index < -0.39 is 17.3 Å². The lowest BCUT2D eigenvalue weighted by molar-refractivity contribution is -0.107. The number of rotatable bonds is 6. The Balaban J connectivity index is 1.24. The Hall–Kier alpha value is -4.85. The molecule has 3 N–H and O–H groups in total. The average molecular weight is 536 g/mol. The molecule has 0 aliphatic carbocycles. The molecule has 0 radical (unpaired) electrons. The first kappa shape index (κ1) is 24.2. The highest BCUT2D eigenvalue weighted by Crippen LogP contribution is 2.65. The molecule has 5 aromatic rings. The largest absolute Gasteiger partial charge is 0.494 e. The first-order valence-electron chi connectivity index (χ1n) is 12.9. The van der Waals surface area contributed by atoms with Gasteiger partial charge in [-0.25, -0.2) is 14.5 Å². The van der Waals surface area contributed by atoms with Gasteiger partial charge in [-0.3, -0.25) is 4.57 Å². The van der Waals surface area contributed by atoms with Crippen molar-refractivity contribution < 1.29 is 24.8 Å². The third-order valence-electron chi connectivity index (χ3n) is 8.17. The fraction of sp³-hybridized carbons (Fsp3) is 0.233. The Morgan fingerprint density at radius 2 is 1.80 bits per heavy atom. The summed E-state index contributed by atoms with van der Waals surface area (Å²) in [5.41, 5.74) is 0.438. The smallest absolute Gasteiger partial charge is 0.205 e. The maximum Gasteiger partial charge on any atom is 0.205 e. The molecule has 1 fully saturated rings. The topological polar surface area (TPSA) is 119 Å². The van der Waals surface area contributed by atoms with Crippen LogP contribution in [0.25, 0.3) is 27.0 Å². The van der Waals surface area contributed by atoms with E-state index in [9.17, 15) is 15.3 Å². The van der Waals surface area contributed by atoms with Gasteiger partial charge < -0.3 is 24.8 Å². The number of hydrogen-bond acceptors (Lipinski definition) is 7. The van der Waals surface area contributed by atoms with E-state index in [1.54, 1.807) is 30.1 Å². The molecule has 200 valence electrons. The second-order valence-electron chi connectivity index (χ2n) is 10.3. The van der Waals surface area contributed by atoms with Crippen LogP contribution in [0.3, 0.4) is 0 Å². The summed E-state index contributed by atoms with van der Waals surface area (Å²) in [5, 5.41) is 39.7. The third-order valence-corrected chi connectivity index (χ3v) is 8.17. The molecular weight excluding hydrogens is 510 g/mol. The molecule has 2 aliphatic heterocycles. The molecule has 2 bridgehead atoms. The van der Waals surface area contributed by atoms with E-state index in [-0.39, 0.29) is 24.8 Å². The minimum Gasteiger partial charge on any atom is -0.494 e. The fourth-order valence-corrected chi connectivity index (χ4v) is 6.28. The van der Waals surface area contributed by atoms with Crippen LogP contribution in [0.2, 0.25) is 0 Å². The van der Waals surface area contributed by atoms with Crippen LogP contribution in [0, 0.1) is 6.57 Å². The number of benzene rings is 3. The molecule has 7 rings (SSSR count). The lowest BCUT2D eigenvalue weighted by atomic mass is 9.76. The predicted octanol–water partition coefficient (Wildman–Crippen LogP) is 4.85. The molecule has 2 aromatic heterocycles. The van der Waals surface area contributed by atoms with Gasteiger partial charge in [0.2, 0.25) is 11.8 Å². The van der Waals surface area contributed by atoms with Crippen molar-refractivity contribution in [1.82, 2.24) is 19.3 Å². The highest BCUT2D eigenvalue weighted by molar-refractivity contribution is 6.00. The lowest BCUT2D eigenvalue weighted by Gasteiger charge is -2.26. The summed E-state index contributed by atoms with van der Waals surface area (Å²) in [6.45, 7) is 9.51. The van der Waals surface area contributed by atoms with E-state index >= 15 is 0 Å². The van der Waals surface area contributed by atoms with Crippen molar-refractivity contribution in [2.24, 2.45) is 0 Å². The number of ether oxygens (including phenoxy) is 2. The van der Waals surface area contributed by atoms with E-state index in [2.05, 4.69) is 14.9 Å². The standard InChI is InChI=1S/C30H25N5O5/c1-29-24(36)15-30(40-29,13-14-39-19-9-7-18(8-10-19)34-17-32-16-33-34)26-25(29)27(37)35(28(26)38)23-12-11-22(31-2)20-5-3-4-6-21(20)23/h3-12,16-17,24,36-38H,13-15H2,1H3. The monoisotopic (exact) mass is 535 g/mol. The minimum atomic E-state index is -1.20. The second kappa shape index (κ2) is 8.58. The van der Waals surface area contributed by atoms with Crippen LogP contribution in [0.5, 0.6) is 17.5 Å². The zero-order chi connectivity index (χ0) is 27.6. The molecule has 3 unspecified atom stereocenters. The molecule has 0 amide bonds. The molecule has 2 aliphatic rings. The van der Waals surface area contributed by atoms with Crippen LogP contribution < -0.4 is 4.74 Å². The Kier molecular flexibility index (Phi) is 5.19. The van der Waals surface area contributed by atoms with Crippen molar-refractivity contribution >= 4 is 16.5 Å². The number of aliphatic hydroxyl groups excluding tert-OH is 1. The quantitative estimate of drug-likeness (QED) is 0.266. The summed E-state index contributed by atoms with van der Waals surface area (Å²) in [7, 11) is 0. The van der Waals surface area contributed by atoms with Crippen molar-refractivity contribution in [2.45, 2.75) is 37.1 Å².